The molecule has 0 aromatic heterocycles. The molecule has 0 spiro atoms. The van der Waals surface area contributed by atoms with E-state index in [0.717, 1.165) is 56.3 Å². The first kappa shape index (κ1) is 54.4. The lowest BCUT2D eigenvalue weighted by Crippen LogP contribution is -2.58. The Morgan fingerprint density at radius 3 is 2.07 bits per heavy atom. The van der Waals surface area contributed by atoms with E-state index < -0.39 is 11.9 Å². The van der Waals surface area contributed by atoms with Crippen molar-refractivity contribution in [3.8, 4) is 0 Å². The minimum Gasteiger partial charge on any atom is -0.463 e. The average Bonchev–Trinajstić information content (AvgIpc) is 4.01. The number of allylic oxidation sites excluding steroid dienone is 5. The fraction of sp³-hybridized carbons (Fsp3) is 0.789. The van der Waals surface area contributed by atoms with E-state index in [9.17, 15) is 19.2 Å². The molecule has 10 nitrogen and oxygen atoms in total. The summed E-state index contributed by atoms with van der Waals surface area (Å²) in [5.74, 6) is 1.01. The molecule has 0 aromatic rings. The molecule has 0 heterocycles. The maximum atomic E-state index is 13.6. The van der Waals surface area contributed by atoms with Gasteiger partial charge in [-0.05, 0) is 140 Å². The van der Waals surface area contributed by atoms with Gasteiger partial charge in [-0.3, -0.25) is 14.4 Å². The van der Waals surface area contributed by atoms with Gasteiger partial charge in [-0.1, -0.05) is 104 Å². The van der Waals surface area contributed by atoms with Crippen molar-refractivity contribution in [3.63, 3.8) is 0 Å². The van der Waals surface area contributed by atoms with Crippen LogP contribution < -0.4 is 0 Å². The molecular weight excluding hydrogens is 877 g/mol. The fourth-order valence-corrected chi connectivity index (χ4v) is 14.8. The van der Waals surface area contributed by atoms with Gasteiger partial charge in [0, 0.05) is 6.42 Å². The van der Waals surface area contributed by atoms with Gasteiger partial charge in [-0.15, -0.1) is 13.2 Å². The summed E-state index contributed by atoms with van der Waals surface area (Å²) in [4.78, 5) is 51.2. The van der Waals surface area contributed by atoms with Crippen molar-refractivity contribution >= 4 is 36.5 Å². The summed E-state index contributed by atoms with van der Waals surface area (Å²) in [6.45, 7) is 26.8. The lowest BCUT2D eigenvalue weighted by molar-refractivity contribution is -0.168. The van der Waals surface area contributed by atoms with Gasteiger partial charge >= 0.3 is 23.9 Å². The van der Waals surface area contributed by atoms with Gasteiger partial charge in [0.25, 0.3) is 0 Å². The highest BCUT2D eigenvalue weighted by molar-refractivity contribution is 7.81. The number of rotatable bonds is 24. The van der Waals surface area contributed by atoms with Gasteiger partial charge in [0.15, 0.2) is 6.61 Å². The van der Waals surface area contributed by atoms with E-state index in [4.69, 9.17) is 28.4 Å². The number of hydrogen-bond donors (Lipinski definition) is 1. The number of hydrogen-bond acceptors (Lipinski definition) is 11. The number of carbonyl (C=O) groups is 4. The first-order chi connectivity index (χ1) is 32.4. The summed E-state index contributed by atoms with van der Waals surface area (Å²) in [5, 5.41) is 0. The van der Waals surface area contributed by atoms with Gasteiger partial charge in [-0.2, -0.15) is 12.6 Å². The second kappa shape index (κ2) is 24.0. The number of fused-ring (bicyclic) bond motifs is 5. The highest BCUT2D eigenvalue weighted by Crippen LogP contribution is 2.75. The third-order valence-corrected chi connectivity index (χ3v) is 19.4. The van der Waals surface area contributed by atoms with Crippen LogP contribution in [0.2, 0.25) is 0 Å². The molecule has 0 bridgehead atoms. The van der Waals surface area contributed by atoms with Crippen LogP contribution in [0.5, 0.6) is 0 Å². The van der Waals surface area contributed by atoms with Gasteiger partial charge in [0.1, 0.15) is 19.3 Å². The molecule has 0 saturated heterocycles. The molecule has 0 aliphatic heterocycles. The SMILES string of the molecule is C=CC1CC(/C=C\C2CC(C=C)C(C(=O)OCCOCCOCCOC(=O)CS)C2)C(C(=O)OCC(=O)OC2CC[C@@]3(C)C(=CC[C@H]4[C@]5(C)CC[C@](C)([C@H](C)CCCC(C)C)[C@H]5CC[C@@]43C)C2)C1. The Labute approximate surface area is 415 Å². The molecule has 382 valence electrons. The van der Waals surface area contributed by atoms with Gasteiger partial charge < -0.3 is 28.4 Å². The monoisotopic (exact) mass is 965 g/mol. The van der Waals surface area contributed by atoms with Crippen LogP contribution in [0.4, 0.5) is 0 Å². The van der Waals surface area contributed by atoms with Crippen molar-refractivity contribution < 1.29 is 47.6 Å². The van der Waals surface area contributed by atoms with E-state index in [1.165, 1.54) is 50.5 Å². The third kappa shape index (κ3) is 12.2. The van der Waals surface area contributed by atoms with Crippen LogP contribution in [0.25, 0.3) is 0 Å². The molecule has 0 radical (unpaired) electrons. The summed E-state index contributed by atoms with van der Waals surface area (Å²) >= 11 is 3.85. The topological polar surface area (TPSA) is 124 Å². The molecule has 6 aliphatic rings. The minimum atomic E-state index is -0.472. The molecule has 7 unspecified atom stereocenters. The quantitative estimate of drug-likeness (QED) is 0.0329. The van der Waals surface area contributed by atoms with Crippen LogP contribution in [-0.4, -0.2) is 82.0 Å². The zero-order chi connectivity index (χ0) is 49.3. The van der Waals surface area contributed by atoms with Crippen molar-refractivity contribution in [2.75, 3.05) is 52.0 Å². The highest BCUT2D eigenvalue weighted by Gasteiger charge is 2.67. The third-order valence-electron chi connectivity index (χ3n) is 19.1. The molecule has 5 saturated carbocycles. The van der Waals surface area contributed by atoms with Gasteiger partial charge in [-0.25, -0.2) is 4.79 Å². The number of carbonyl (C=O) groups excluding carboxylic acids is 4. The minimum absolute atomic E-state index is 0.0167. The van der Waals surface area contributed by atoms with E-state index in [1.807, 2.05) is 12.2 Å². The van der Waals surface area contributed by atoms with Crippen molar-refractivity contribution in [2.45, 2.75) is 151 Å². The van der Waals surface area contributed by atoms with Crippen LogP contribution in [0.1, 0.15) is 145 Å². The Hall–Kier alpha value is -2.89. The fourth-order valence-electron chi connectivity index (χ4n) is 14.7. The van der Waals surface area contributed by atoms with E-state index in [0.29, 0.717) is 42.8 Å². The molecule has 0 aromatic carbocycles. The summed E-state index contributed by atoms with van der Waals surface area (Å²) in [6.07, 6.45) is 26.1. The Morgan fingerprint density at radius 2 is 1.38 bits per heavy atom. The van der Waals surface area contributed by atoms with Crippen LogP contribution >= 0.6 is 12.6 Å². The second-order valence-electron chi connectivity index (χ2n) is 23.2. The molecule has 11 heteroatoms. The van der Waals surface area contributed by atoms with Crippen molar-refractivity contribution in [2.24, 2.45) is 80.8 Å². The zero-order valence-electron chi connectivity index (χ0n) is 42.9. The van der Waals surface area contributed by atoms with Crippen LogP contribution in [0.3, 0.4) is 0 Å². The van der Waals surface area contributed by atoms with E-state index in [2.05, 4.69) is 92.5 Å². The standard InChI is InChI=1S/C57H88O10S/c1-10-40-31-43(16-15-41-32-42(11-2)46(34-41)52(60)65-30-28-63-26-25-62-27-29-64-51(59)37-68)47(33-40)53(61)66-36-50(58)67-45-19-21-56(8)44(35-45)17-18-49-55(7)24-23-54(6,39(5)14-12-13-38(3)4)48(55)20-22-57(49,56)9/h10-11,15-17,38-43,45-49,68H,1-2,12-14,18-37H2,3-9H3/b16-15-/t39-,40?,41?,42?,43?,45?,46?,47?,48-,49+,54-,55-,56+,57+/m1/s1. The zero-order valence-corrected chi connectivity index (χ0v) is 43.8. The maximum absolute atomic E-state index is 13.6. The number of esters is 4. The molecule has 5 fully saturated rings. The molecule has 14 atom stereocenters. The van der Waals surface area contributed by atoms with Crippen molar-refractivity contribution in [3.05, 3.63) is 49.1 Å². The molecule has 0 N–H and O–H groups in total. The average molecular weight is 965 g/mol. The molecule has 68 heavy (non-hydrogen) atoms. The predicted octanol–water partition coefficient (Wildman–Crippen LogP) is 11.5. The maximum Gasteiger partial charge on any atom is 0.344 e. The van der Waals surface area contributed by atoms with E-state index >= 15 is 0 Å². The largest absolute Gasteiger partial charge is 0.463 e. The first-order valence-corrected chi connectivity index (χ1v) is 27.1. The lowest BCUT2D eigenvalue weighted by Gasteiger charge is -2.66. The Kier molecular flexibility index (Phi) is 19.2. The number of thiol groups is 1. The summed E-state index contributed by atoms with van der Waals surface area (Å²) in [7, 11) is 0. The summed E-state index contributed by atoms with van der Waals surface area (Å²) in [5.41, 5.74) is 2.53. The molecule has 6 rings (SSSR count). The summed E-state index contributed by atoms with van der Waals surface area (Å²) < 4.78 is 33.2. The van der Waals surface area contributed by atoms with Crippen molar-refractivity contribution in [1.29, 1.82) is 0 Å². The normalized spacial score (nSPS) is 36.8. The lowest BCUT2D eigenvalue weighted by atomic mass is 9.39. The van der Waals surface area contributed by atoms with E-state index in [1.54, 1.807) is 0 Å². The highest BCUT2D eigenvalue weighted by atomic mass is 32.1. The van der Waals surface area contributed by atoms with Crippen LogP contribution in [-0.2, 0) is 47.6 Å². The van der Waals surface area contributed by atoms with Crippen molar-refractivity contribution in [1.82, 2.24) is 0 Å². The Balaban J connectivity index is 0.946. The van der Waals surface area contributed by atoms with E-state index in [-0.39, 0.29) is 103 Å². The van der Waals surface area contributed by atoms with Gasteiger partial charge in [0.2, 0.25) is 0 Å². The second-order valence-corrected chi connectivity index (χ2v) is 23.5. The van der Waals surface area contributed by atoms with Gasteiger partial charge in [0.05, 0.1) is 44.0 Å². The summed E-state index contributed by atoms with van der Waals surface area (Å²) in [6, 6.07) is 0. The Bertz CT molecular complexity index is 1830. The van der Waals surface area contributed by atoms with Crippen LogP contribution in [0.15, 0.2) is 49.1 Å². The Morgan fingerprint density at radius 1 is 0.721 bits per heavy atom. The first-order valence-electron chi connectivity index (χ1n) is 26.5. The molecular formula is C57H88O10S. The van der Waals surface area contributed by atoms with Crippen LogP contribution in [0, 0.1) is 80.8 Å². The smallest absolute Gasteiger partial charge is 0.344 e. The molecule has 6 aliphatic carbocycles. The number of ether oxygens (including phenoxy) is 6. The molecule has 0 amide bonds. The predicted molar refractivity (Wildman–Crippen MR) is 269 cm³/mol.